The highest BCUT2D eigenvalue weighted by molar-refractivity contribution is 6.05. The van der Waals surface area contributed by atoms with E-state index in [1.807, 2.05) is 50.2 Å². The van der Waals surface area contributed by atoms with Gasteiger partial charge in [-0.25, -0.2) is 0 Å². The maximum absolute atomic E-state index is 12.3. The summed E-state index contributed by atoms with van der Waals surface area (Å²) in [6.45, 7) is 4.38. The summed E-state index contributed by atoms with van der Waals surface area (Å²) in [5, 5.41) is 2.95. The molecular weight excluding hydrogens is 236 g/mol. The van der Waals surface area contributed by atoms with Gasteiger partial charge in [0.2, 0.25) is 0 Å². The number of aryl methyl sites for hydroxylation is 1. The summed E-state index contributed by atoms with van der Waals surface area (Å²) in [5.41, 5.74) is 10.2. The predicted molar refractivity (Wildman–Crippen MR) is 78.2 cm³/mol. The predicted octanol–water partition coefficient (Wildman–Crippen LogP) is 3.01. The number of benzene rings is 2. The Morgan fingerprint density at radius 2 is 1.84 bits per heavy atom. The lowest BCUT2D eigenvalue weighted by Crippen LogP contribution is -2.16. The molecule has 2 aromatic rings. The topological polar surface area (TPSA) is 55.1 Å². The molecular formula is C16H18N2O. The smallest absolute Gasteiger partial charge is 0.255 e. The van der Waals surface area contributed by atoms with Crippen LogP contribution in [-0.4, -0.2) is 5.91 Å². The van der Waals surface area contributed by atoms with Crippen molar-refractivity contribution < 1.29 is 4.79 Å². The zero-order valence-corrected chi connectivity index (χ0v) is 11.2. The first-order chi connectivity index (χ1) is 9.13. The van der Waals surface area contributed by atoms with Crippen LogP contribution in [0.1, 0.15) is 27.0 Å². The van der Waals surface area contributed by atoms with E-state index < -0.39 is 0 Å². The molecule has 0 fully saturated rings. The van der Waals surface area contributed by atoms with Gasteiger partial charge in [0.05, 0.1) is 0 Å². The van der Waals surface area contributed by atoms with Gasteiger partial charge in [-0.3, -0.25) is 4.79 Å². The Morgan fingerprint density at radius 1 is 1.11 bits per heavy atom. The van der Waals surface area contributed by atoms with Crippen molar-refractivity contribution in [3.8, 4) is 0 Å². The van der Waals surface area contributed by atoms with Gasteiger partial charge < -0.3 is 11.1 Å². The monoisotopic (exact) mass is 254 g/mol. The maximum atomic E-state index is 12.3. The molecule has 0 aromatic heterocycles. The summed E-state index contributed by atoms with van der Waals surface area (Å²) in [6.07, 6.45) is 0. The van der Waals surface area contributed by atoms with E-state index in [9.17, 15) is 4.79 Å². The second-order valence-corrected chi connectivity index (χ2v) is 4.56. The lowest BCUT2D eigenvalue weighted by Gasteiger charge is -2.12. The van der Waals surface area contributed by atoms with Crippen LogP contribution in [-0.2, 0) is 6.54 Å². The molecule has 3 heteroatoms. The van der Waals surface area contributed by atoms with Gasteiger partial charge in [-0.15, -0.1) is 0 Å². The SMILES string of the molecule is Cc1cccc(NC(=O)c2ccccc2CN)c1C. The molecule has 0 aliphatic rings. The van der Waals surface area contributed by atoms with Crippen molar-refractivity contribution in [2.75, 3.05) is 5.32 Å². The second kappa shape index (κ2) is 5.67. The Bertz CT molecular complexity index is 605. The average Bonchev–Trinajstić information content (AvgIpc) is 2.43. The average molecular weight is 254 g/mol. The minimum atomic E-state index is -0.116. The van der Waals surface area contributed by atoms with Crippen LogP contribution in [0.5, 0.6) is 0 Å². The first kappa shape index (κ1) is 13.3. The number of anilines is 1. The Morgan fingerprint density at radius 3 is 2.58 bits per heavy atom. The van der Waals surface area contributed by atoms with Crippen molar-refractivity contribution in [3.63, 3.8) is 0 Å². The van der Waals surface area contributed by atoms with Gasteiger partial charge in [0.15, 0.2) is 0 Å². The van der Waals surface area contributed by atoms with Crippen molar-refractivity contribution in [3.05, 3.63) is 64.7 Å². The van der Waals surface area contributed by atoms with Crippen LogP contribution in [0.2, 0.25) is 0 Å². The van der Waals surface area contributed by atoms with E-state index in [0.717, 1.165) is 22.4 Å². The van der Waals surface area contributed by atoms with Crippen LogP contribution >= 0.6 is 0 Å². The molecule has 0 saturated heterocycles. The number of amides is 1. The van der Waals surface area contributed by atoms with E-state index in [-0.39, 0.29) is 5.91 Å². The van der Waals surface area contributed by atoms with Crippen molar-refractivity contribution in [2.24, 2.45) is 5.73 Å². The van der Waals surface area contributed by atoms with Crippen molar-refractivity contribution in [1.82, 2.24) is 0 Å². The minimum absolute atomic E-state index is 0.116. The molecule has 0 heterocycles. The lowest BCUT2D eigenvalue weighted by atomic mass is 10.1. The van der Waals surface area contributed by atoms with E-state index in [4.69, 9.17) is 5.73 Å². The van der Waals surface area contributed by atoms with Crippen LogP contribution in [0.3, 0.4) is 0 Å². The van der Waals surface area contributed by atoms with Crippen molar-refractivity contribution in [2.45, 2.75) is 20.4 Å². The Labute approximate surface area is 113 Å². The molecule has 1 amide bonds. The van der Waals surface area contributed by atoms with E-state index in [2.05, 4.69) is 5.32 Å². The van der Waals surface area contributed by atoms with Crippen LogP contribution < -0.4 is 11.1 Å². The molecule has 0 radical (unpaired) electrons. The fourth-order valence-corrected chi connectivity index (χ4v) is 2.00. The number of hydrogen-bond donors (Lipinski definition) is 2. The normalized spacial score (nSPS) is 10.3. The first-order valence-corrected chi connectivity index (χ1v) is 6.29. The molecule has 3 N–H and O–H groups in total. The third-order valence-electron chi connectivity index (χ3n) is 3.33. The van der Waals surface area contributed by atoms with Gasteiger partial charge in [-0.2, -0.15) is 0 Å². The third-order valence-corrected chi connectivity index (χ3v) is 3.33. The van der Waals surface area contributed by atoms with Gasteiger partial charge in [0, 0.05) is 17.8 Å². The Hall–Kier alpha value is -2.13. The molecule has 0 atom stereocenters. The van der Waals surface area contributed by atoms with Gasteiger partial charge in [-0.1, -0.05) is 30.3 Å². The summed E-state index contributed by atoms with van der Waals surface area (Å²) in [5.74, 6) is -0.116. The fourth-order valence-electron chi connectivity index (χ4n) is 2.00. The number of nitrogens with two attached hydrogens (primary N) is 1. The molecule has 0 saturated carbocycles. The lowest BCUT2D eigenvalue weighted by molar-refractivity contribution is 0.102. The summed E-state index contributed by atoms with van der Waals surface area (Å²) < 4.78 is 0. The van der Waals surface area contributed by atoms with Crippen LogP contribution in [0.25, 0.3) is 0 Å². The molecule has 0 bridgehead atoms. The van der Waals surface area contributed by atoms with E-state index in [1.165, 1.54) is 0 Å². The molecule has 0 spiro atoms. The Balaban J connectivity index is 2.28. The summed E-state index contributed by atoms with van der Waals surface area (Å²) in [7, 11) is 0. The molecule has 2 rings (SSSR count). The number of carbonyl (C=O) groups excluding carboxylic acids is 1. The molecule has 0 aliphatic heterocycles. The van der Waals surface area contributed by atoms with E-state index in [0.29, 0.717) is 12.1 Å². The minimum Gasteiger partial charge on any atom is -0.326 e. The third kappa shape index (κ3) is 2.83. The highest BCUT2D eigenvalue weighted by atomic mass is 16.1. The summed E-state index contributed by atoms with van der Waals surface area (Å²) in [4.78, 5) is 12.3. The molecule has 2 aromatic carbocycles. The Kier molecular flexibility index (Phi) is 3.97. The van der Waals surface area contributed by atoms with Crippen molar-refractivity contribution in [1.29, 1.82) is 0 Å². The first-order valence-electron chi connectivity index (χ1n) is 6.29. The van der Waals surface area contributed by atoms with Gasteiger partial charge in [0.25, 0.3) is 5.91 Å². The highest BCUT2D eigenvalue weighted by Crippen LogP contribution is 2.19. The number of hydrogen-bond acceptors (Lipinski definition) is 2. The second-order valence-electron chi connectivity index (χ2n) is 4.56. The largest absolute Gasteiger partial charge is 0.326 e. The summed E-state index contributed by atoms with van der Waals surface area (Å²) >= 11 is 0. The highest BCUT2D eigenvalue weighted by Gasteiger charge is 2.11. The zero-order chi connectivity index (χ0) is 13.8. The standard InChI is InChI=1S/C16H18N2O/c1-11-6-5-9-15(12(11)2)18-16(19)14-8-4-3-7-13(14)10-17/h3-9H,10,17H2,1-2H3,(H,18,19). The van der Waals surface area contributed by atoms with E-state index in [1.54, 1.807) is 6.07 Å². The number of carbonyl (C=O) groups is 1. The fraction of sp³-hybridized carbons (Fsp3) is 0.188. The summed E-state index contributed by atoms with van der Waals surface area (Å²) in [6, 6.07) is 13.3. The number of nitrogens with one attached hydrogen (secondary N) is 1. The van der Waals surface area contributed by atoms with Gasteiger partial charge in [0.1, 0.15) is 0 Å². The molecule has 0 aliphatic carbocycles. The van der Waals surface area contributed by atoms with Crippen molar-refractivity contribution >= 4 is 11.6 Å². The molecule has 3 nitrogen and oxygen atoms in total. The number of rotatable bonds is 3. The molecule has 19 heavy (non-hydrogen) atoms. The molecule has 0 unspecified atom stereocenters. The van der Waals surface area contributed by atoms with Gasteiger partial charge >= 0.3 is 0 Å². The van der Waals surface area contributed by atoms with Crippen LogP contribution in [0.15, 0.2) is 42.5 Å². The van der Waals surface area contributed by atoms with Gasteiger partial charge in [-0.05, 0) is 42.7 Å². The molecule has 98 valence electrons. The van der Waals surface area contributed by atoms with Crippen LogP contribution in [0, 0.1) is 13.8 Å². The van der Waals surface area contributed by atoms with Crippen LogP contribution in [0.4, 0.5) is 5.69 Å². The van der Waals surface area contributed by atoms with E-state index >= 15 is 0 Å². The zero-order valence-electron chi connectivity index (χ0n) is 11.2. The maximum Gasteiger partial charge on any atom is 0.255 e. The quantitative estimate of drug-likeness (QED) is 0.884.